The Morgan fingerprint density at radius 1 is 1.27 bits per heavy atom. The minimum Gasteiger partial charge on any atom is -0.476 e. The van der Waals surface area contributed by atoms with E-state index >= 15 is 0 Å². The minimum atomic E-state index is -4.81. The fourth-order valence-electron chi connectivity index (χ4n) is 2.61. The van der Waals surface area contributed by atoms with E-state index in [4.69, 9.17) is 10.8 Å². The topological polar surface area (TPSA) is 121 Å². The number of carbonyl (C=O) groups excluding carboxylic acids is 1. The van der Waals surface area contributed by atoms with Gasteiger partial charge in [0.1, 0.15) is 16.5 Å². The number of rotatable bonds is 6. The highest BCUT2D eigenvalue weighted by atomic mass is 32.1. The summed E-state index contributed by atoms with van der Waals surface area (Å²) in [4.78, 5) is 30.0. The molecule has 0 bridgehead atoms. The number of nitrogens with zero attached hydrogens (tertiary/aromatic N) is 1. The van der Waals surface area contributed by atoms with Gasteiger partial charge >= 0.3 is 12.1 Å². The number of alkyl halides is 3. The van der Waals surface area contributed by atoms with E-state index in [2.05, 4.69) is 15.3 Å². The van der Waals surface area contributed by atoms with E-state index in [9.17, 15) is 27.2 Å². The number of carboxylic acid groups (broad SMARTS) is 1. The lowest BCUT2D eigenvalue weighted by atomic mass is 10.1. The van der Waals surface area contributed by atoms with Gasteiger partial charge in [0.05, 0.1) is 11.6 Å². The van der Waals surface area contributed by atoms with Crippen molar-refractivity contribution in [1.82, 2.24) is 15.3 Å². The summed E-state index contributed by atoms with van der Waals surface area (Å²) < 4.78 is 51.8. The summed E-state index contributed by atoms with van der Waals surface area (Å²) in [6, 6.07) is 4.48. The second kappa shape index (κ2) is 8.24. The molecule has 3 rings (SSSR count). The van der Waals surface area contributed by atoms with Gasteiger partial charge in [-0.3, -0.25) is 4.79 Å². The molecular weight excluding hydrogens is 428 g/mol. The molecule has 0 saturated heterocycles. The maximum Gasteiger partial charge on any atom is 0.419 e. The van der Waals surface area contributed by atoms with Crippen LogP contribution in [-0.2, 0) is 6.18 Å². The summed E-state index contributed by atoms with van der Waals surface area (Å²) in [6.07, 6.45) is -4.81. The van der Waals surface area contributed by atoms with Crippen LogP contribution in [0, 0.1) is 5.82 Å². The van der Waals surface area contributed by atoms with Crippen molar-refractivity contribution in [2.75, 3.05) is 6.54 Å². The molecular formula is C18H14F4N4O3S. The largest absolute Gasteiger partial charge is 0.476 e. The Morgan fingerprint density at radius 2 is 2.00 bits per heavy atom. The van der Waals surface area contributed by atoms with Gasteiger partial charge in [-0.15, -0.1) is 11.3 Å². The molecule has 0 saturated carbocycles. The van der Waals surface area contributed by atoms with Crippen LogP contribution in [0.5, 0.6) is 0 Å². The van der Waals surface area contributed by atoms with E-state index < -0.39 is 35.5 Å². The molecule has 0 radical (unpaired) electrons. The summed E-state index contributed by atoms with van der Waals surface area (Å²) in [7, 11) is 0. The average molecular weight is 442 g/mol. The molecule has 1 amide bonds. The molecule has 1 atom stereocenters. The van der Waals surface area contributed by atoms with Gasteiger partial charge in [0.15, 0.2) is 5.69 Å². The molecule has 0 aliphatic rings. The quantitative estimate of drug-likeness (QED) is 0.436. The molecule has 1 aromatic carbocycles. The van der Waals surface area contributed by atoms with Gasteiger partial charge in [-0.1, -0.05) is 6.07 Å². The number of hydrogen-bond acceptors (Lipinski definition) is 5. The van der Waals surface area contributed by atoms with Gasteiger partial charge < -0.3 is 21.1 Å². The van der Waals surface area contributed by atoms with Crippen LogP contribution in [0.15, 0.2) is 35.7 Å². The lowest BCUT2D eigenvalue weighted by molar-refractivity contribution is -0.139. The standard InChI is InChI=1S/C18H14F4N4O3S/c19-10-5-8(1-2-9(10)18(20,21)22)11-3-4-12(24-11)15(27)25-13(6-23)16-26-14(7-30-16)17(28)29/h1-5,7,13,24H,6,23H2,(H,25,27)(H,28,29)/t13-/m0/s1. The zero-order chi connectivity index (χ0) is 22.1. The summed E-state index contributed by atoms with van der Waals surface area (Å²) in [6.45, 7) is -0.0456. The van der Waals surface area contributed by atoms with Crippen molar-refractivity contribution < 1.29 is 32.3 Å². The first-order chi connectivity index (χ1) is 14.1. The van der Waals surface area contributed by atoms with Gasteiger partial charge in [-0.2, -0.15) is 13.2 Å². The van der Waals surface area contributed by atoms with Crippen LogP contribution in [0.3, 0.4) is 0 Å². The van der Waals surface area contributed by atoms with Crippen LogP contribution in [0.25, 0.3) is 11.3 Å². The summed E-state index contributed by atoms with van der Waals surface area (Å²) >= 11 is 1.02. The highest BCUT2D eigenvalue weighted by Crippen LogP contribution is 2.33. The number of aromatic amines is 1. The van der Waals surface area contributed by atoms with E-state index in [-0.39, 0.29) is 29.2 Å². The SMILES string of the molecule is NC[C@H](NC(=O)c1ccc(-c2ccc(C(F)(F)F)c(F)c2)[nH]1)c1nc(C(=O)O)cs1. The molecule has 2 heterocycles. The molecule has 2 aromatic heterocycles. The highest BCUT2D eigenvalue weighted by Gasteiger charge is 2.34. The van der Waals surface area contributed by atoms with Gasteiger partial charge in [0.2, 0.25) is 0 Å². The predicted molar refractivity (Wildman–Crippen MR) is 99.5 cm³/mol. The number of carbonyl (C=O) groups is 2. The van der Waals surface area contributed by atoms with E-state index in [1.807, 2.05) is 0 Å². The number of nitrogens with one attached hydrogen (secondary N) is 2. The van der Waals surface area contributed by atoms with E-state index in [1.54, 1.807) is 0 Å². The number of carboxylic acids is 1. The van der Waals surface area contributed by atoms with E-state index in [0.29, 0.717) is 11.1 Å². The number of hydrogen-bond donors (Lipinski definition) is 4. The summed E-state index contributed by atoms with van der Waals surface area (Å²) in [5.41, 5.74) is 4.50. The zero-order valence-corrected chi connectivity index (χ0v) is 15.8. The van der Waals surface area contributed by atoms with Crippen LogP contribution < -0.4 is 11.1 Å². The van der Waals surface area contributed by atoms with Gasteiger partial charge in [-0.25, -0.2) is 14.2 Å². The maximum atomic E-state index is 13.8. The Bertz CT molecular complexity index is 1090. The predicted octanol–water partition coefficient (Wildman–Crippen LogP) is 3.42. The molecule has 0 spiro atoms. The van der Waals surface area contributed by atoms with Crippen LogP contribution in [0.1, 0.15) is 37.6 Å². The fraction of sp³-hybridized carbons (Fsp3) is 0.167. The number of H-pyrrole nitrogens is 1. The van der Waals surface area contributed by atoms with E-state index in [0.717, 1.165) is 23.5 Å². The third kappa shape index (κ3) is 4.49. The lowest BCUT2D eigenvalue weighted by Gasteiger charge is -2.13. The minimum absolute atomic E-state index is 0.0456. The monoisotopic (exact) mass is 442 g/mol. The van der Waals surface area contributed by atoms with Gasteiger partial charge in [-0.05, 0) is 24.3 Å². The molecule has 0 aliphatic carbocycles. The van der Waals surface area contributed by atoms with Crippen molar-refractivity contribution in [2.24, 2.45) is 5.73 Å². The normalized spacial score (nSPS) is 12.6. The molecule has 0 aliphatic heterocycles. The first-order valence-corrected chi connectivity index (χ1v) is 9.24. The van der Waals surface area contributed by atoms with Crippen molar-refractivity contribution in [1.29, 1.82) is 0 Å². The highest BCUT2D eigenvalue weighted by molar-refractivity contribution is 7.09. The van der Waals surface area contributed by atoms with Crippen LogP contribution >= 0.6 is 11.3 Å². The number of benzene rings is 1. The second-order valence-electron chi connectivity index (χ2n) is 6.12. The smallest absolute Gasteiger partial charge is 0.419 e. The van der Waals surface area contributed by atoms with Crippen molar-refractivity contribution in [3.05, 3.63) is 63.5 Å². The first kappa shape index (κ1) is 21.5. The summed E-state index contributed by atoms with van der Waals surface area (Å²) in [5, 5.41) is 13.2. The Kier molecular flexibility index (Phi) is 5.89. The average Bonchev–Trinajstić information content (AvgIpc) is 3.34. The van der Waals surface area contributed by atoms with Crippen molar-refractivity contribution >= 4 is 23.2 Å². The molecule has 5 N–H and O–H groups in total. The molecule has 3 aromatic rings. The molecule has 7 nitrogen and oxygen atoms in total. The van der Waals surface area contributed by atoms with Crippen molar-refractivity contribution in [3.8, 4) is 11.3 Å². The Labute approximate surface area is 170 Å². The van der Waals surface area contributed by atoms with Crippen LogP contribution in [0.2, 0.25) is 0 Å². The first-order valence-electron chi connectivity index (χ1n) is 8.36. The Hall–Kier alpha value is -3.25. The molecule has 158 valence electrons. The molecule has 12 heteroatoms. The van der Waals surface area contributed by atoms with Crippen LogP contribution in [-0.4, -0.2) is 33.5 Å². The summed E-state index contributed by atoms with van der Waals surface area (Å²) in [5.74, 6) is -3.24. The number of thiazole rings is 1. The lowest BCUT2D eigenvalue weighted by Crippen LogP contribution is -2.33. The molecule has 0 unspecified atom stereocenters. The fourth-order valence-corrected chi connectivity index (χ4v) is 3.47. The third-order valence-electron chi connectivity index (χ3n) is 4.10. The third-order valence-corrected chi connectivity index (χ3v) is 5.05. The number of nitrogens with two attached hydrogens (primary N) is 1. The maximum absolute atomic E-state index is 13.8. The van der Waals surface area contributed by atoms with Crippen molar-refractivity contribution in [3.63, 3.8) is 0 Å². The molecule has 0 fully saturated rings. The second-order valence-corrected chi connectivity index (χ2v) is 7.01. The van der Waals surface area contributed by atoms with E-state index in [1.165, 1.54) is 17.5 Å². The zero-order valence-electron chi connectivity index (χ0n) is 15.0. The van der Waals surface area contributed by atoms with Gasteiger partial charge in [0, 0.05) is 23.2 Å². The van der Waals surface area contributed by atoms with Crippen molar-refractivity contribution in [2.45, 2.75) is 12.2 Å². The molecule has 30 heavy (non-hydrogen) atoms. The number of aromatic nitrogens is 2. The number of halogens is 4. The number of amides is 1. The number of aromatic carboxylic acids is 1. The van der Waals surface area contributed by atoms with Gasteiger partial charge in [0.25, 0.3) is 5.91 Å². The van der Waals surface area contributed by atoms with Crippen LogP contribution in [0.4, 0.5) is 17.6 Å². The Balaban J connectivity index is 1.77. The Morgan fingerprint density at radius 3 is 2.57 bits per heavy atom.